The molecule has 2 aromatic carbocycles. The normalized spacial score (nSPS) is 21.4. The molecule has 5 heteroatoms. The van der Waals surface area contributed by atoms with Crippen molar-refractivity contribution < 1.29 is 9.59 Å². The van der Waals surface area contributed by atoms with Crippen molar-refractivity contribution in [1.82, 2.24) is 4.90 Å². The van der Waals surface area contributed by atoms with E-state index in [0.29, 0.717) is 12.1 Å². The number of carbonyl (C=O) groups is 2. The molecule has 0 radical (unpaired) electrons. The van der Waals surface area contributed by atoms with Crippen molar-refractivity contribution in [3.8, 4) is 0 Å². The van der Waals surface area contributed by atoms with E-state index < -0.39 is 0 Å². The zero-order valence-electron chi connectivity index (χ0n) is 16.7. The standard InChI is InChI=1S/C24H29N3O2/c25-20-12-14-21(15-13-20)27(24(29)18-6-2-1-3-7-18)16-19-8-4-5-9-22(19)26-23(28)17-10-11-17/h1-9,17,20-21H,10-16,25H2,(H,26,28). The molecule has 0 atom stereocenters. The molecule has 2 saturated carbocycles. The van der Waals surface area contributed by atoms with Gasteiger partial charge in [-0.2, -0.15) is 0 Å². The molecule has 0 saturated heterocycles. The maximum Gasteiger partial charge on any atom is 0.254 e. The first-order valence-electron chi connectivity index (χ1n) is 10.6. The molecule has 2 aliphatic carbocycles. The Morgan fingerprint density at radius 2 is 1.55 bits per heavy atom. The molecule has 0 aliphatic heterocycles. The minimum absolute atomic E-state index is 0.0365. The Kier molecular flexibility index (Phi) is 5.95. The summed E-state index contributed by atoms with van der Waals surface area (Å²) in [6, 6.07) is 17.6. The summed E-state index contributed by atoms with van der Waals surface area (Å²) >= 11 is 0. The van der Waals surface area contributed by atoms with Gasteiger partial charge in [0.1, 0.15) is 0 Å². The number of nitrogens with two attached hydrogens (primary N) is 1. The molecule has 3 N–H and O–H groups in total. The summed E-state index contributed by atoms with van der Waals surface area (Å²) in [5.74, 6) is 0.265. The van der Waals surface area contributed by atoms with Gasteiger partial charge in [0, 0.05) is 35.8 Å². The highest BCUT2D eigenvalue weighted by molar-refractivity contribution is 5.96. The molecule has 2 fully saturated rings. The number of rotatable bonds is 6. The number of anilines is 1. The van der Waals surface area contributed by atoms with Crippen LogP contribution in [0.5, 0.6) is 0 Å². The number of hydrogen-bond acceptors (Lipinski definition) is 3. The molecule has 2 aromatic rings. The van der Waals surface area contributed by atoms with Crippen molar-refractivity contribution in [2.75, 3.05) is 5.32 Å². The van der Waals surface area contributed by atoms with E-state index in [4.69, 9.17) is 5.73 Å². The van der Waals surface area contributed by atoms with E-state index in [1.54, 1.807) is 0 Å². The van der Waals surface area contributed by atoms with Gasteiger partial charge in [0.25, 0.3) is 5.91 Å². The van der Waals surface area contributed by atoms with Crippen LogP contribution in [0, 0.1) is 5.92 Å². The molecular weight excluding hydrogens is 362 g/mol. The van der Waals surface area contributed by atoms with E-state index in [1.165, 1.54) is 0 Å². The van der Waals surface area contributed by atoms with E-state index in [-0.39, 0.29) is 29.8 Å². The molecule has 0 unspecified atom stereocenters. The van der Waals surface area contributed by atoms with Crippen molar-refractivity contribution >= 4 is 17.5 Å². The SMILES string of the molecule is NC1CCC(N(Cc2ccccc2NC(=O)C2CC2)C(=O)c2ccccc2)CC1. The fourth-order valence-electron chi connectivity index (χ4n) is 4.07. The van der Waals surface area contributed by atoms with E-state index in [1.807, 2.05) is 59.5 Å². The van der Waals surface area contributed by atoms with Gasteiger partial charge in [-0.1, -0.05) is 36.4 Å². The second-order valence-corrected chi connectivity index (χ2v) is 8.29. The van der Waals surface area contributed by atoms with E-state index >= 15 is 0 Å². The molecule has 0 aromatic heterocycles. The third-order valence-electron chi connectivity index (χ3n) is 6.03. The van der Waals surface area contributed by atoms with Crippen molar-refractivity contribution in [2.45, 2.75) is 57.2 Å². The maximum atomic E-state index is 13.4. The lowest BCUT2D eigenvalue weighted by Gasteiger charge is -2.36. The summed E-state index contributed by atoms with van der Waals surface area (Å²) < 4.78 is 0. The number of hydrogen-bond donors (Lipinski definition) is 2. The number of nitrogens with one attached hydrogen (secondary N) is 1. The second-order valence-electron chi connectivity index (χ2n) is 8.29. The Hall–Kier alpha value is -2.66. The monoisotopic (exact) mass is 391 g/mol. The Bertz CT molecular complexity index is 855. The topological polar surface area (TPSA) is 75.4 Å². The van der Waals surface area contributed by atoms with Gasteiger partial charge in [0.2, 0.25) is 5.91 Å². The molecule has 29 heavy (non-hydrogen) atoms. The van der Waals surface area contributed by atoms with Crippen molar-refractivity contribution in [1.29, 1.82) is 0 Å². The molecule has 0 heterocycles. The van der Waals surface area contributed by atoms with Crippen LogP contribution in [-0.2, 0) is 11.3 Å². The molecule has 2 amide bonds. The Labute approximate surface area is 172 Å². The van der Waals surface area contributed by atoms with Gasteiger partial charge in [-0.15, -0.1) is 0 Å². The van der Waals surface area contributed by atoms with Crippen LogP contribution in [0.25, 0.3) is 0 Å². The number of amides is 2. The maximum absolute atomic E-state index is 13.4. The average molecular weight is 392 g/mol. The van der Waals surface area contributed by atoms with Gasteiger partial charge in [-0.05, 0) is 62.3 Å². The first kappa shape index (κ1) is 19.6. The summed E-state index contributed by atoms with van der Waals surface area (Å²) in [7, 11) is 0. The molecule has 5 nitrogen and oxygen atoms in total. The van der Waals surface area contributed by atoms with Gasteiger partial charge in [0.15, 0.2) is 0 Å². The van der Waals surface area contributed by atoms with Crippen LogP contribution in [0.1, 0.15) is 54.4 Å². The number of carbonyl (C=O) groups excluding carboxylic acids is 2. The van der Waals surface area contributed by atoms with Crippen LogP contribution in [0.15, 0.2) is 54.6 Å². The first-order chi connectivity index (χ1) is 14.1. The van der Waals surface area contributed by atoms with E-state index in [0.717, 1.165) is 49.8 Å². The predicted octanol–water partition coefficient (Wildman–Crippen LogP) is 3.95. The smallest absolute Gasteiger partial charge is 0.254 e. The Balaban J connectivity index is 1.58. The lowest BCUT2D eigenvalue weighted by atomic mass is 9.90. The third kappa shape index (κ3) is 4.85. The minimum atomic E-state index is 0.0365. The first-order valence-corrected chi connectivity index (χ1v) is 10.6. The van der Waals surface area contributed by atoms with Crippen LogP contribution >= 0.6 is 0 Å². The minimum Gasteiger partial charge on any atom is -0.331 e. The average Bonchev–Trinajstić information content (AvgIpc) is 3.60. The fraction of sp³-hybridized carbons (Fsp3) is 0.417. The molecule has 2 aliphatic rings. The molecule has 152 valence electrons. The number of nitrogens with zero attached hydrogens (tertiary/aromatic N) is 1. The highest BCUT2D eigenvalue weighted by Gasteiger charge is 2.31. The van der Waals surface area contributed by atoms with Crippen LogP contribution < -0.4 is 11.1 Å². The lowest BCUT2D eigenvalue weighted by Crippen LogP contribution is -2.44. The van der Waals surface area contributed by atoms with Gasteiger partial charge in [0.05, 0.1) is 0 Å². The highest BCUT2D eigenvalue weighted by Crippen LogP contribution is 2.32. The van der Waals surface area contributed by atoms with Crippen LogP contribution in [0.2, 0.25) is 0 Å². The zero-order chi connectivity index (χ0) is 20.2. The van der Waals surface area contributed by atoms with Crippen molar-refractivity contribution in [2.24, 2.45) is 11.7 Å². The number of benzene rings is 2. The summed E-state index contributed by atoms with van der Waals surface area (Å²) in [6.45, 7) is 0.481. The Morgan fingerprint density at radius 3 is 2.24 bits per heavy atom. The molecular formula is C24H29N3O2. The summed E-state index contributed by atoms with van der Waals surface area (Å²) in [5, 5.41) is 3.07. The van der Waals surface area contributed by atoms with Crippen molar-refractivity contribution in [3.63, 3.8) is 0 Å². The van der Waals surface area contributed by atoms with Crippen molar-refractivity contribution in [3.05, 3.63) is 65.7 Å². The number of para-hydroxylation sites is 1. The third-order valence-corrected chi connectivity index (χ3v) is 6.03. The largest absolute Gasteiger partial charge is 0.331 e. The van der Waals surface area contributed by atoms with Gasteiger partial charge >= 0.3 is 0 Å². The van der Waals surface area contributed by atoms with Crippen LogP contribution in [-0.4, -0.2) is 28.8 Å². The zero-order valence-corrected chi connectivity index (χ0v) is 16.7. The molecule has 0 spiro atoms. The molecule has 4 rings (SSSR count). The lowest BCUT2D eigenvalue weighted by molar-refractivity contribution is -0.117. The van der Waals surface area contributed by atoms with Gasteiger partial charge < -0.3 is 16.0 Å². The van der Waals surface area contributed by atoms with E-state index in [2.05, 4.69) is 5.32 Å². The molecule has 0 bridgehead atoms. The summed E-state index contributed by atoms with van der Waals surface area (Å²) in [6.07, 6.45) is 5.63. The van der Waals surface area contributed by atoms with Gasteiger partial charge in [-0.25, -0.2) is 0 Å². The van der Waals surface area contributed by atoms with Crippen LogP contribution in [0.4, 0.5) is 5.69 Å². The fourth-order valence-corrected chi connectivity index (χ4v) is 4.07. The summed E-state index contributed by atoms with van der Waals surface area (Å²) in [4.78, 5) is 27.7. The van der Waals surface area contributed by atoms with Crippen LogP contribution in [0.3, 0.4) is 0 Å². The predicted molar refractivity (Wildman–Crippen MR) is 114 cm³/mol. The highest BCUT2D eigenvalue weighted by atomic mass is 16.2. The quantitative estimate of drug-likeness (QED) is 0.783. The summed E-state index contributed by atoms with van der Waals surface area (Å²) in [5.41, 5.74) is 8.58. The van der Waals surface area contributed by atoms with Gasteiger partial charge in [-0.3, -0.25) is 9.59 Å². The second kappa shape index (κ2) is 8.78. The van der Waals surface area contributed by atoms with E-state index in [9.17, 15) is 9.59 Å². The Morgan fingerprint density at radius 1 is 0.897 bits per heavy atom.